The van der Waals surface area contributed by atoms with Crippen molar-refractivity contribution >= 4 is 35.1 Å². The smallest absolute Gasteiger partial charge is 0.545 e. The van der Waals surface area contributed by atoms with Gasteiger partial charge in [-0.05, 0) is 54.8 Å². The number of hydrogen-bond donors (Lipinski definition) is 1. The zero-order valence-corrected chi connectivity index (χ0v) is 18.6. The van der Waals surface area contributed by atoms with Crippen molar-refractivity contribution in [2.75, 3.05) is 0 Å². The number of carboxylic acid groups (broad SMARTS) is 1. The third kappa shape index (κ3) is 8.08. The van der Waals surface area contributed by atoms with Crippen LogP contribution < -0.4 is 40.0 Å². The van der Waals surface area contributed by atoms with E-state index in [0.29, 0.717) is 22.5 Å². The third-order valence-corrected chi connectivity index (χ3v) is 4.52. The van der Waals surface area contributed by atoms with Crippen LogP contribution in [-0.4, -0.2) is 17.9 Å². The molecule has 2 aromatic carbocycles. The van der Waals surface area contributed by atoms with Gasteiger partial charge in [0.25, 0.3) is 0 Å². The van der Waals surface area contributed by atoms with Crippen LogP contribution in [-0.2, 0) is 16.0 Å². The van der Waals surface area contributed by atoms with Crippen molar-refractivity contribution in [2.45, 2.75) is 25.3 Å². The molecule has 0 aromatic heterocycles. The van der Waals surface area contributed by atoms with Crippen molar-refractivity contribution in [2.24, 2.45) is 0 Å². The van der Waals surface area contributed by atoms with E-state index in [1.165, 1.54) is 0 Å². The van der Waals surface area contributed by atoms with Crippen LogP contribution >= 0.6 is 23.2 Å². The van der Waals surface area contributed by atoms with Gasteiger partial charge in [0.05, 0.1) is 5.97 Å². The van der Waals surface area contributed by atoms with Gasteiger partial charge in [-0.15, -0.1) is 0 Å². The molecule has 0 spiro atoms. The largest absolute Gasteiger partial charge is 1.00 e. The molecule has 2 aromatic rings. The van der Waals surface area contributed by atoms with Crippen LogP contribution in [0.25, 0.3) is 0 Å². The quantitative estimate of drug-likeness (QED) is 0.518. The summed E-state index contributed by atoms with van der Waals surface area (Å²) in [4.78, 5) is 22.4. The normalized spacial score (nSPS) is 12.9. The molecule has 0 saturated heterocycles. The summed E-state index contributed by atoms with van der Waals surface area (Å²) in [7, 11) is 0. The number of hydrogen-bond acceptors (Lipinski definition) is 3. The number of carboxylic acids is 1. The van der Waals surface area contributed by atoms with Gasteiger partial charge in [-0.25, -0.2) is 0 Å². The Morgan fingerprint density at radius 1 is 1.00 bits per heavy atom. The van der Waals surface area contributed by atoms with E-state index in [9.17, 15) is 14.7 Å². The molecule has 0 aliphatic carbocycles. The molecule has 0 radical (unpaired) electrons. The van der Waals surface area contributed by atoms with Crippen molar-refractivity contribution in [3.63, 3.8) is 0 Å². The monoisotopic (exact) mass is 413 g/mol. The number of rotatable bonds is 7. The first kappa shape index (κ1) is 23.7. The minimum absolute atomic E-state index is 0. The average molecular weight is 414 g/mol. The third-order valence-electron chi connectivity index (χ3n) is 4.01. The Hall–Kier alpha value is -1.30. The summed E-state index contributed by atoms with van der Waals surface area (Å²) < 4.78 is 0. The van der Waals surface area contributed by atoms with E-state index in [1.807, 2.05) is 43.3 Å². The fraction of sp³-hybridized carbons (Fsp3) is 0.200. The van der Waals surface area contributed by atoms with Crippen LogP contribution in [0.1, 0.15) is 24.0 Å². The molecule has 0 aliphatic rings. The predicted octanol–water partition coefficient (Wildman–Crippen LogP) is 0.135. The van der Waals surface area contributed by atoms with Gasteiger partial charge < -0.3 is 15.2 Å². The number of carbonyl (C=O) groups excluding carboxylic acids is 2. The van der Waals surface area contributed by atoms with Gasteiger partial charge in [0, 0.05) is 28.1 Å². The topological polar surface area (TPSA) is 69.2 Å². The van der Waals surface area contributed by atoms with Crippen LogP contribution in [0, 0.1) is 0 Å². The van der Waals surface area contributed by atoms with E-state index in [4.69, 9.17) is 23.2 Å². The summed E-state index contributed by atoms with van der Waals surface area (Å²) in [5, 5.41) is 14.5. The minimum Gasteiger partial charge on any atom is -0.545 e. The van der Waals surface area contributed by atoms with Crippen molar-refractivity contribution < 1.29 is 44.3 Å². The Morgan fingerprint density at radius 3 is 2.04 bits per heavy atom. The molecule has 0 aliphatic heterocycles. The molecule has 2 atom stereocenters. The van der Waals surface area contributed by atoms with E-state index < -0.39 is 11.9 Å². The molecule has 2 unspecified atom stereocenters. The number of benzene rings is 2. The van der Waals surface area contributed by atoms with Crippen LogP contribution in [0.2, 0.25) is 10.0 Å². The summed E-state index contributed by atoms with van der Waals surface area (Å²) in [5.41, 5.74) is 2.08. The van der Waals surface area contributed by atoms with Gasteiger partial charge in [-0.2, -0.15) is 0 Å². The summed E-state index contributed by atoms with van der Waals surface area (Å²) in [6, 6.07) is 14.7. The van der Waals surface area contributed by atoms with Crippen LogP contribution in [0.15, 0.2) is 60.7 Å². The second-order valence-electron chi connectivity index (χ2n) is 5.94. The van der Waals surface area contributed by atoms with Crippen LogP contribution in [0.5, 0.6) is 0 Å². The molecule has 4 nitrogen and oxygen atoms in total. The Bertz CT molecular complexity index is 792. The van der Waals surface area contributed by atoms with Gasteiger partial charge in [-0.3, -0.25) is 4.79 Å². The molecule has 2 rings (SSSR count). The molecule has 27 heavy (non-hydrogen) atoms. The van der Waals surface area contributed by atoms with E-state index >= 15 is 0 Å². The fourth-order valence-corrected chi connectivity index (χ4v) is 2.94. The fourth-order valence-electron chi connectivity index (χ4n) is 2.68. The number of nitrogens with one attached hydrogen (secondary N) is 1. The SMILES string of the molecule is CC(NC(=O)/C=C\C(=O)[O-])C(Cc1ccc(Cl)cc1)c1ccc(Cl)cc1.[Na+]. The average Bonchev–Trinajstić information content (AvgIpc) is 2.60. The molecule has 0 bridgehead atoms. The van der Waals surface area contributed by atoms with E-state index in [2.05, 4.69) is 5.32 Å². The van der Waals surface area contributed by atoms with Crippen molar-refractivity contribution in [1.29, 1.82) is 0 Å². The predicted molar refractivity (Wildman–Crippen MR) is 101 cm³/mol. The maximum absolute atomic E-state index is 11.9. The van der Waals surface area contributed by atoms with Gasteiger partial charge in [-0.1, -0.05) is 47.5 Å². The maximum atomic E-state index is 11.9. The number of halogens is 2. The van der Waals surface area contributed by atoms with Gasteiger partial charge in [0.1, 0.15) is 0 Å². The zero-order valence-electron chi connectivity index (χ0n) is 15.1. The first-order valence-corrected chi connectivity index (χ1v) is 8.80. The molecule has 0 heterocycles. The summed E-state index contributed by atoms with van der Waals surface area (Å²) in [5.74, 6) is -1.94. The van der Waals surface area contributed by atoms with Gasteiger partial charge >= 0.3 is 29.6 Å². The van der Waals surface area contributed by atoms with Gasteiger partial charge in [0.15, 0.2) is 0 Å². The molecule has 7 heteroatoms. The molecule has 1 amide bonds. The van der Waals surface area contributed by atoms with Crippen LogP contribution in [0.4, 0.5) is 0 Å². The first-order valence-electron chi connectivity index (χ1n) is 8.04. The Morgan fingerprint density at radius 2 is 1.52 bits per heavy atom. The molecule has 0 saturated carbocycles. The van der Waals surface area contributed by atoms with E-state index in [-0.39, 0.29) is 41.5 Å². The maximum Gasteiger partial charge on any atom is 1.00 e. The van der Waals surface area contributed by atoms with Crippen molar-refractivity contribution in [3.05, 3.63) is 81.9 Å². The molecule has 0 fully saturated rings. The summed E-state index contributed by atoms with van der Waals surface area (Å²) in [6.07, 6.45) is 2.33. The number of amides is 1. The Balaban J connectivity index is 0.00000364. The van der Waals surface area contributed by atoms with E-state index in [0.717, 1.165) is 17.2 Å². The zero-order chi connectivity index (χ0) is 19.1. The molecular weight excluding hydrogens is 396 g/mol. The van der Waals surface area contributed by atoms with Crippen molar-refractivity contribution in [1.82, 2.24) is 5.32 Å². The number of carbonyl (C=O) groups is 2. The second kappa shape index (κ2) is 11.5. The molecule has 1 N–H and O–H groups in total. The Kier molecular flexibility index (Phi) is 10.1. The first-order chi connectivity index (χ1) is 12.3. The second-order valence-corrected chi connectivity index (χ2v) is 6.81. The minimum atomic E-state index is -1.41. The summed E-state index contributed by atoms with van der Waals surface area (Å²) in [6.45, 7) is 1.87. The van der Waals surface area contributed by atoms with Gasteiger partial charge in [0.2, 0.25) is 5.91 Å². The van der Waals surface area contributed by atoms with Crippen LogP contribution in [0.3, 0.4) is 0 Å². The molecule has 136 valence electrons. The number of aliphatic carboxylic acids is 1. The van der Waals surface area contributed by atoms with E-state index in [1.54, 1.807) is 12.1 Å². The van der Waals surface area contributed by atoms with Crippen molar-refractivity contribution in [3.8, 4) is 0 Å². The molecular formula is C20H18Cl2NNaO3. The Labute approximate surface area is 190 Å². The standard InChI is InChI=1S/C20H19Cl2NO3.Na/c1-13(23-19(24)10-11-20(25)26)18(15-4-8-17(22)9-5-15)12-14-2-6-16(21)7-3-14;/h2-11,13,18H,12H2,1H3,(H,23,24)(H,25,26);/q;+1/p-1/b11-10-;. The summed E-state index contributed by atoms with van der Waals surface area (Å²) >= 11 is 11.9.